The molecule has 0 bridgehead atoms. The lowest BCUT2D eigenvalue weighted by atomic mass is 10.0. The molecule has 7 heteroatoms. The SMILES string of the molecule is C#CCOc1c(Br)cc(/C=C(/C#N)c2ccc([N+](=O)[O-])cc2)cc1OC. The molecule has 0 saturated heterocycles. The Balaban J connectivity index is 2.42. The second-order valence-corrected chi connectivity index (χ2v) is 5.86. The molecule has 0 fully saturated rings. The van der Waals surface area contributed by atoms with E-state index in [2.05, 4.69) is 27.9 Å². The Labute approximate surface area is 158 Å². The van der Waals surface area contributed by atoms with E-state index in [1.165, 1.54) is 31.4 Å². The van der Waals surface area contributed by atoms with E-state index in [-0.39, 0.29) is 12.3 Å². The van der Waals surface area contributed by atoms with Crippen molar-refractivity contribution in [2.75, 3.05) is 13.7 Å². The largest absolute Gasteiger partial charge is 0.493 e. The Bertz CT molecular complexity index is 938. The quantitative estimate of drug-likeness (QED) is 0.230. The molecule has 0 saturated carbocycles. The van der Waals surface area contributed by atoms with E-state index in [0.717, 1.165) is 0 Å². The summed E-state index contributed by atoms with van der Waals surface area (Å²) in [6.45, 7) is 0.0936. The number of non-ortho nitro benzene ring substituents is 1. The number of ether oxygens (including phenoxy) is 2. The van der Waals surface area contributed by atoms with Crippen LogP contribution in [-0.2, 0) is 0 Å². The van der Waals surface area contributed by atoms with Crippen molar-refractivity contribution in [2.45, 2.75) is 0 Å². The molecule has 0 spiro atoms. The van der Waals surface area contributed by atoms with Crippen molar-refractivity contribution < 1.29 is 14.4 Å². The van der Waals surface area contributed by atoms with Crippen molar-refractivity contribution in [3.63, 3.8) is 0 Å². The minimum atomic E-state index is -0.490. The van der Waals surface area contributed by atoms with Gasteiger partial charge in [0.2, 0.25) is 0 Å². The summed E-state index contributed by atoms with van der Waals surface area (Å²) in [5, 5.41) is 20.2. The van der Waals surface area contributed by atoms with E-state index in [0.29, 0.717) is 32.7 Å². The van der Waals surface area contributed by atoms with Crippen LogP contribution in [0.1, 0.15) is 11.1 Å². The molecule has 2 aromatic rings. The van der Waals surface area contributed by atoms with Crippen molar-refractivity contribution in [2.24, 2.45) is 0 Å². The van der Waals surface area contributed by atoms with Gasteiger partial charge in [-0.3, -0.25) is 10.1 Å². The monoisotopic (exact) mass is 412 g/mol. The highest BCUT2D eigenvalue weighted by Gasteiger charge is 2.12. The Hall–Kier alpha value is -3.29. The fourth-order valence-corrected chi connectivity index (χ4v) is 2.76. The number of allylic oxidation sites excluding steroid dienone is 1. The predicted molar refractivity (Wildman–Crippen MR) is 102 cm³/mol. The Kier molecular flexibility index (Phi) is 6.37. The van der Waals surface area contributed by atoms with Crippen LogP contribution in [0.4, 0.5) is 5.69 Å². The molecule has 0 aromatic heterocycles. The van der Waals surface area contributed by atoms with Crippen molar-refractivity contribution in [1.82, 2.24) is 0 Å². The molecule has 0 radical (unpaired) electrons. The highest BCUT2D eigenvalue weighted by Crippen LogP contribution is 2.37. The molecule has 130 valence electrons. The number of nitriles is 1. The Morgan fingerprint density at radius 2 is 2.08 bits per heavy atom. The third kappa shape index (κ3) is 4.41. The maximum absolute atomic E-state index is 10.7. The van der Waals surface area contributed by atoms with Gasteiger partial charge < -0.3 is 9.47 Å². The van der Waals surface area contributed by atoms with Crippen LogP contribution in [0.5, 0.6) is 11.5 Å². The average Bonchev–Trinajstić information content (AvgIpc) is 2.64. The molecule has 0 atom stereocenters. The van der Waals surface area contributed by atoms with Crippen LogP contribution in [0.2, 0.25) is 0 Å². The summed E-state index contributed by atoms with van der Waals surface area (Å²) in [6, 6.07) is 11.3. The van der Waals surface area contributed by atoms with Gasteiger partial charge in [0.1, 0.15) is 6.61 Å². The number of rotatable bonds is 6. The summed E-state index contributed by atoms with van der Waals surface area (Å²) in [4.78, 5) is 10.3. The molecule has 6 nitrogen and oxygen atoms in total. The minimum absolute atomic E-state index is 0.0366. The average molecular weight is 413 g/mol. The van der Waals surface area contributed by atoms with Gasteiger partial charge in [-0.25, -0.2) is 0 Å². The lowest BCUT2D eigenvalue weighted by Gasteiger charge is -2.12. The summed E-state index contributed by atoms with van der Waals surface area (Å²) in [5.74, 6) is 3.31. The summed E-state index contributed by atoms with van der Waals surface area (Å²) >= 11 is 3.40. The molecule has 2 rings (SSSR count). The molecule has 26 heavy (non-hydrogen) atoms. The summed E-state index contributed by atoms with van der Waals surface area (Å²) < 4.78 is 11.4. The van der Waals surface area contributed by atoms with Gasteiger partial charge in [0, 0.05) is 12.1 Å². The van der Waals surface area contributed by atoms with Gasteiger partial charge in [0.05, 0.1) is 28.1 Å². The first-order valence-electron chi connectivity index (χ1n) is 7.30. The van der Waals surface area contributed by atoms with Crippen LogP contribution >= 0.6 is 15.9 Å². The summed E-state index contributed by atoms with van der Waals surface area (Å²) in [7, 11) is 1.50. The third-order valence-electron chi connectivity index (χ3n) is 3.37. The number of hydrogen-bond donors (Lipinski definition) is 0. The molecule has 0 aliphatic rings. The Morgan fingerprint density at radius 3 is 2.62 bits per heavy atom. The maximum atomic E-state index is 10.7. The van der Waals surface area contributed by atoms with Crippen molar-refractivity contribution in [1.29, 1.82) is 5.26 Å². The molecular weight excluding hydrogens is 400 g/mol. The number of nitrogens with zero attached hydrogens (tertiary/aromatic N) is 2. The fraction of sp³-hybridized carbons (Fsp3) is 0.105. The lowest BCUT2D eigenvalue weighted by molar-refractivity contribution is -0.384. The summed E-state index contributed by atoms with van der Waals surface area (Å²) in [6.07, 6.45) is 6.86. The lowest BCUT2D eigenvalue weighted by Crippen LogP contribution is -1.98. The smallest absolute Gasteiger partial charge is 0.269 e. The van der Waals surface area contributed by atoms with Crippen molar-refractivity contribution >= 4 is 33.3 Å². The zero-order valence-electron chi connectivity index (χ0n) is 13.7. The van der Waals surface area contributed by atoms with Gasteiger partial charge in [-0.15, -0.1) is 6.42 Å². The molecule has 0 aliphatic heterocycles. The maximum Gasteiger partial charge on any atom is 0.269 e. The van der Waals surface area contributed by atoms with Crippen molar-refractivity contribution in [3.05, 3.63) is 62.1 Å². The zero-order valence-corrected chi connectivity index (χ0v) is 15.3. The van der Waals surface area contributed by atoms with Gasteiger partial charge >= 0.3 is 0 Å². The molecule has 0 amide bonds. The standard InChI is InChI=1S/C19H13BrN2O4/c1-3-8-26-19-17(20)10-13(11-18(19)25-2)9-15(12-21)14-4-6-16(7-5-14)22(23)24/h1,4-7,9-11H,8H2,2H3/b15-9-. The van der Waals surface area contributed by atoms with Crippen molar-refractivity contribution in [3.8, 4) is 29.9 Å². The van der Waals surface area contributed by atoms with Crippen LogP contribution in [-0.4, -0.2) is 18.6 Å². The number of hydrogen-bond acceptors (Lipinski definition) is 5. The van der Waals surface area contributed by atoms with Gasteiger partial charge in [-0.1, -0.05) is 5.92 Å². The number of nitro benzene ring substituents is 1. The van der Waals surface area contributed by atoms with E-state index >= 15 is 0 Å². The van der Waals surface area contributed by atoms with E-state index in [1.54, 1.807) is 18.2 Å². The van der Waals surface area contributed by atoms with Crippen LogP contribution in [0.15, 0.2) is 40.9 Å². The number of methoxy groups -OCH3 is 1. The Morgan fingerprint density at radius 1 is 1.38 bits per heavy atom. The van der Waals surface area contributed by atoms with E-state index < -0.39 is 4.92 Å². The van der Waals surface area contributed by atoms with E-state index in [1.807, 2.05) is 0 Å². The molecular formula is C19H13BrN2O4. The van der Waals surface area contributed by atoms with Crippen LogP contribution in [0, 0.1) is 33.8 Å². The molecule has 0 aliphatic carbocycles. The highest BCUT2D eigenvalue weighted by atomic mass is 79.9. The number of terminal acetylenes is 1. The van der Waals surface area contributed by atoms with E-state index in [4.69, 9.17) is 15.9 Å². The molecule has 0 N–H and O–H groups in total. The molecule has 0 unspecified atom stereocenters. The topological polar surface area (TPSA) is 85.4 Å². The number of nitro groups is 1. The summed E-state index contributed by atoms with van der Waals surface area (Å²) in [5.41, 5.74) is 1.58. The van der Waals surface area contributed by atoms with Gasteiger partial charge in [0.25, 0.3) is 5.69 Å². The van der Waals surface area contributed by atoms with Crippen LogP contribution in [0.3, 0.4) is 0 Å². The normalized spacial score (nSPS) is 10.5. The van der Waals surface area contributed by atoms with E-state index in [9.17, 15) is 15.4 Å². The van der Waals surface area contributed by atoms with Crippen LogP contribution < -0.4 is 9.47 Å². The minimum Gasteiger partial charge on any atom is -0.493 e. The number of benzene rings is 2. The third-order valence-corrected chi connectivity index (χ3v) is 3.96. The second-order valence-electron chi connectivity index (χ2n) is 5.00. The van der Waals surface area contributed by atoms with Gasteiger partial charge in [-0.05, 0) is 57.4 Å². The second kappa shape index (κ2) is 8.70. The predicted octanol–water partition coefficient (Wildman–Crippen LogP) is 4.44. The van der Waals surface area contributed by atoms with Crippen LogP contribution in [0.25, 0.3) is 11.6 Å². The zero-order chi connectivity index (χ0) is 19.1. The molecule has 2 aromatic carbocycles. The fourth-order valence-electron chi connectivity index (χ4n) is 2.19. The number of halogens is 1. The molecule has 0 heterocycles. The highest BCUT2D eigenvalue weighted by molar-refractivity contribution is 9.10. The first-order chi connectivity index (χ1) is 12.5. The van der Waals surface area contributed by atoms with Gasteiger partial charge in [-0.2, -0.15) is 5.26 Å². The first-order valence-corrected chi connectivity index (χ1v) is 8.10. The first kappa shape index (κ1) is 19.0. The van der Waals surface area contributed by atoms with Gasteiger partial charge in [0.15, 0.2) is 11.5 Å².